The minimum absolute atomic E-state index is 0.674. The van der Waals surface area contributed by atoms with Crippen molar-refractivity contribution in [3.8, 4) is 50.8 Å². The molecule has 0 atom stereocenters. The highest BCUT2D eigenvalue weighted by Crippen LogP contribution is 2.47. The Morgan fingerprint density at radius 2 is 0.636 bits per heavy atom. The SMILES string of the molecule is c1cc(-c2nc(-c3ccc(-n4c5ccccc5c5ccc6c7ccccc7sc6c54)cc3)nc3ccc(-c4ccc(-n5c6ccccc6c6ccc7c8ccccc8sc7c65)cc4)cc23)cc(-n2c3ccccc3c3ccc4c5ccccc5sc4c32)c1. The molecule has 0 saturated heterocycles. The predicted octanol–water partition coefficient (Wildman–Crippen LogP) is 23.0. The molecule has 0 bridgehead atoms. The fourth-order valence-corrected chi connectivity index (χ4v) is 18.2. The van der Waals surface area contributed by atoms with E-state index in [-0.39, 0.29) is 0 Å². The molecular formula is C80H45N5S3. The molecule has 0 N–H and O–H groups in total. The van der Waals surface area contributed by atoms with Crippen molar-refractivity contribution in [1.82, 2.24) is 23.7 Å². The van der Waals surface area contributed by atoms with Gasteiger partial charge in [0, 0.05) is 112 Å². The van der Waals surface area contributed by atoms with Gasteiger partial charge in [0.2, 0.25) is 0 Å². The van der Waals surface area contributed by atoms with Crippen LogP contribution in [0.2, 0.25) is 0 Å². The smallest absolute Gasteiger partial charge is 0.160 e. The summed E-state index contributed by atoms with van der Waals surface area (Å²) in [5.41, 5.74) is 16.5. The molecule has 5 nitrogen and oxygen atoms in total. The molecule has 88 heavy (non-hydrogen) atoms. The first-order chi connectivity index (χ1) is 43.6. The van der Waals surface area contributed by atoms with Gasteiger partial charge in [0.25, 0.3) is 0 Å². The second kappa shape index (κ2) is 18.4. The second-order valence-electron chi connectivity index (χ2n) is 23.1. The van der Waals surface area contributed by atoms with Crippen molar-refractivity contribution < 1.29 is 0 Å². The molecule has 0 unspecified atom stereocenters. The summed E-state index contributed by atoms with van der Waals surface area (Å²) in [5, 5.41) is 16.2. The summed E-state index contributed by atoms with van der Waals surface area (Å²) in [4.78, 5) is 11.1. The number of nitrogens with zero attached hydrogens (tertiary/aromatic N) is 5. The van der Waals surface area contributed by atoms with Gasteiger partial charge >= 0.3 is 0 Å². The van der Waals surface area contributed by atoms with E-state index >= 15 is 0 Å². The quantitative estimate of drug-likeness (QED) is 0.166. The van der Waals surface area contributed by atoms with Gasteiger partial charge in [-0.25, -0.2) is 9.97 Å². The van der Waals surface area contributed by atoms with Gasteiger partial charge in [0.15, 0.2) is 5.82 Å². The van der Waals surface area contributed by atoms with E-state index in [2.05, 4.69) is 287 Å². The van der Waals surface area contributed by atoms with Crippen LogP contribution in [0.25, 0.3) is 188 Å². The van der Waals surface area contributed by atoms with Crippen LogP contribution in [0.4, 0.5) is 0 Å². The van der Waals surface area contributed by atoms with Crippen molar-refractivity contribution in [3.63, 3.8) is 0 Å². The number of hydrogen-bond donors (Lipinski definition) is 0. The average molecular weight is 1170 g/mol. The van der Waals surface area contributed by atoms with Gasteiger partial charge in [-0.1, -0.05) is 176 Å². The van der Waals surface area contributed by atoms with Crippen LogP contribution in [0.5, 0.6) is 0 Å². The van der Waals surface area contributed by atoms with Crippen LogP contribution >= 0.6 is 34.0 Å². The molecule has 20 aromatic rings. The van der Waals surface area contributed by atoms with Crippen LogP contribution in [0, 0.1) is 0 Å². The number of hydrogen-bond acceptors (Lipinski definition) is 5. The summed E-state index contributed by atoms with van der Waals surface area (Å²) >= 11 is 5.64. The maximum atomic E-state index is 5.68. The largest absolute Gasteiger partial charge is 0.308 e. The Hall–Kier alpha value is -10.7. The van der Waals surface area contributed by atoms with Crippen LogP contribution in [0.1, 0.15) is 0 Å². The Kier molecular flexibility index (Phi) is 10.1. The zero-order valence-corrected chi connectivity index (χ0v) is 49.4. The third-order valence-electron chi connectivity index (χ3n) is 18.5. The highest BCUT2D eigenvalue weighted by Gasteiger charge is 2.23. The number of aromatic nitrogens is 5. The third kappa shape index (κ3) is 6.90. The summed E-state index contributed by atoms with van der Waals surface area (Å²) in [6, 6.07) is 100. The van der Waals surface area contributed by atoms with E-state index in [4.69, 9.17) is 9.97 Å². The fourth-order valence-electron chi connectivity index (χ4n) is 14.5. The third-order valence-corrected chi connectivity index (χ3v) is 22.0. The monoisotopic (exact) mass is 1170 g/mol. The number of rotatable bonds is 6. The highest BCUT2D eigenvalue weighted by molar-refractivity contribution is 7.27. The van der Waals surface area contributed by atoms with Crippen molar-refractivity contribution in [2.75, 3.05) is 0 Å². The lowest BCUT2D eigenvalue weighted by Crippen LogP contribution is -1.99. The van der Waals surface area contributed by atoms with Gasteiger partial charge in [0.05, 0.1) is 58.4 Å². The molecule has 20 rings (SSSR count). The van der Waals surface area contributed by atoms with Gasteiger partial charge in [-0.2, -0.15) is 0 Å². The minimum Gasteiger partial charge on any atom is -0.308 e. The maximum absolute atomic E-state index is 5.68. The standard InChI is InChI=1S/C80H45N5S3/c1-7-22-67-53(16-1)59-37-40-62-56-19-4-10-25-70(56)86-77(62)74(59)83(67)50-33-28-46(29-34-50)48-32-43-66-65(45-48)73(49-14-13-15-52(44-49)85-69-24-9-3-18-55(69)61-39-42-64-58-21-6-12-27-72(58)88-79(64)76(61)85)82-80(81-66)47-30-35-51(36-31-47)84-68-23-8-2-17-54(68)60-38-41-63-57-20-5-11-26-71(57)87-78(63)75(60)84/h1-45H. The summed E-state index contributed by atoms with van der Waals surface area (Å²) in [7, 11) is 0. The molecule has 7 heterocycles. The molecular weight excluding hydrogens is 1130 g/mol. The lowest BCUT2D eigenvalue weighted by molar-refractivity contribution is 1.17. The van der Waals surface area contributed by atoms with E-state index in [1.54, 1.807) is 0 Å². The summed E-state index contributed by atoms with van der Waals surface area (Å²) in [6.45, 7) is 0. The van der Waals surface area contributed by atoms with Crippen LogP contribution in [-0.2, 0) is 0 Å². The van der Waals surface area contributed by atoms with Gasteiger partial charge < -0.3 is 13.7 Å². The van der Waals surface area contributed by atoms with E-state index in [1.807, 2.05) is 34.0 Å². The predicted molar refractivity (Wildman–Crippen MR) is 378 cm³/mol. The Balaban J connectivity index is 0.763. The molecule has 0 radical (unpaired) electrons. The first kappa shape index (κ1) is 48.5. The molecule has 0 saturated carbocycles. The van der Waals surface area contributed by atoms with Crippen LogP contribution in [0.15, 0.2) is 273 Å². The zero-order chi connectivity index (χ0) is 57.3. The summed E-state index contributed by atoms with van der Waals surface area (Å²) in [6.07, 6.45) is 0. The normalized spacial score (nSPS) is 12.3. The van der Waals surface area contributed by atoms with Crippen molar-refractivity contribution in [1.29, 1.82) is 0 Å². The first-order valence-corrected chi connectivity index (χ1v) is 32.2. The molecule has 0 aliphatic rings. The first-order valence-electron chi connectivity index (χ1n) is 29.8. The van der Waals surface area contributed by atoms with Crippen LogP contribution in [-0.4, -0.2) is 23.7 Å². The maximum Gasteiger partial charge on any atom is 0.160 e. The minimum atomic E-state index is 0.674. The van der Waals surface area contributed by atoms with E-state index in [0.29, 0.717) is 5.82 Å². The molecule has 8 heteroatoms. The number of benzene rings is 13. The van der Waals surface area contributed by atoms with Crippen LogP contribution in [0.3, 0.4) is 0 Å². The topological polar surface area (TPSA) is 40.6 Å². The average Bonchev–Trinajstić information content (AvgIpc) is 1.63. The van der Waals surface area contributed by atoms with Crippen molar-refractivity contribution in [2.24, 2.45) is 0 Å². The van der Waals surface area contributed by atoms with Crippen molar-refractivity contribution in [3.05, 3.63) is 273 Å². The van der Waals surface area contributed by atoms with E-state index in [0.717, 1.165) is 55.9 Å². The molecule has 0 aliphatic heterocycles. The van der Waals surface area contributed by atoms with Gasteiger partial charge in [-0.05, 0) is 108 Å². The molecule has 13 aromatic carbocycles. The van der Waals surface area contributed by atoms with E-state index < -0.39 is 0 Å². The number of fused-ring (bicyclic) bond motifs is 22. The molecule has 0 amide bonds. The Bertz CT molecular complexity index is 6370. The Morgan fingerprint density at radius 3 is 1.11 bits per heavy atom. The molecule has 0 spiro atoms. The van der Waals surface area contributed by atoms with Crippen LogP contribution < -0.4 is 0 Å². The molecule has 0 fully saturated rings. The molecule has 0 aliphatic carbocycles. The Morgan fingerprint density at radius 1 is 0.239 bits per heavy atom. The van der Waals surface area contributed by atoms with E-state index in [9.17, 15) is 0 Å². The van der Waals surface area contributed by atoms with E-state index in [1.165, 1.54) is 126 Å². The Labute approximate surface area is 514 Å². The lowest BCUT2D eigenvalue weighted by Gasteiger charge is -2.14. The second-order valence-corrected chi connectivity index (χ2v) is 26.3. The number of thiophene rings is 3. The van der Waals surface area contributed by atoms with Gasteiger partial charge in [0.1, 0.15) is 0 Å². The highest BCUT2D eigenvalue weighted by atomic mass is 32.1. The number of para-hydroxylation sites is 3. The molecule has 7 aromatic heterocycles. The summed E-state index contributed by atoms with van der Waals surface area (Å²) < 4.78 is 15.2. The summed E-state index contributed by atoms with van der Waals surface area (Å²) in [5.74, 6) is 0.674. The van der Waals surface area contributed by atoms with Crippen molar-refractivity contribution in [2.45, 2.75) is 0 Å². The van der Waals surface area contributed by atoms with Gasteiger partial charge in [-0.3, -0.25) is 0 Å². The molecule has 408 valence electrons. The zero-order valence-electron chi connectivity index (χ0n) is 46.9. The fraction of sp³-hybridized carbons (Fsp3) is 0. The van der Waals surface area contributed by atoms with Crippen molar-refractivity contribution >= 4 is 171 Å². The lowest BCUT2D eigenvalue weighted by atomic mass is 9.99. The van der Waals surface area contributed by atoms with Gasteiger partial charge in [-0.15, -0.1) is 34.0 Å².